The SMILES string of the molecule is Cc1nc(-n2nc(C3CC3)cc2NC(=O)c2ccc3ccccc3c2)[nH]c(=O)c1C. The van der Waals surface area contributed by atoms with Crippen molar-refractivity contribution < 1.29 is 4.79 Å². The van der Waals surface area contributed by atoms with E-state index < -0.39 is 0 Å². The molecule has 0 unspecified atom stereocenters. The van der Waals surface area contributed by atoms with Gasteiger partial charge in [-0.1, -0.05) is 30.3 Å². The van der Waals surface area contributed by atoms with Crippen molar-refractivity contribution in [2.45, 2.75) is 32.6 Å². The molecule has 4 aromatic rings. The quantitative estimate of drug-likeness (QED) is 0.545. The Bertz CT molecular complexity index is 1350. The standard InChI is InChI=1S/C23H21N5O2/c1-13-14(2)24-23(26-21(13)29)28-20(12-19(27-28)16-8-9-16)25-22(30)18-10-7-15-5-3-4-6-17(15)11-18/h3-7,10-12,16H,8-9H2,1-2H3,(H,25,30)(H,24,26,29). The Labute approximate surface area is 172 Å². The highest BCUT2D eigenvalue weighted by molar-refractivity contribution is 6.06. The van der Waals surface area contributed by atoms with Crippen LogP contribution in [0.25, 0.3) is 16.7 Å². The van der Waals surface area contributed by atoms with Crippen molar-refractivity contribution >= 4 is 22.5 Å². The number of carbonyl (C=O) groups excluding carboxylic acids is 1. The molecule has 0 radical (unpaired) electrons. The van der Waals surface area contributed by atoms with E-state index in [1.54, 1.807) is 19.9 Å². The molecule has 0 spiro atoms. The molecule has 7 heteroatoms. The van der Waals surface area contributed by atoms with Crippen LogP contribution in [0.15, 0.2) is 53.3 Å². The number of nitrogens with zero attached hydrogens (tertiary/aromatic N) is 3. The lowest BCUT2D eigenvalue weighted by atomic mass is 10.1. The third-order valence-electron chi connectivity index (χ3n) is 5.56. The maximum absolute atomic E-state index is 13.0. The Hall–Kier alpha value is -3.74. The predicted octanol–water partition coefficient (Wildman–Crippen LogP) is 3.86. The number of anilines is 1. The van der Waals surface area contributed by atoms with Crippen LogP contribution in [-0.2, 0) is 0 Å². The van der Waals surface area contributed by atoms with E-state index in [-0.39, 0.29) is 11.5 Å². The van der Waals surface area contributed by atoms with Gasteiger partial charge in [0.2, 0.25) is 5.95 Å². The maximum Gasteiger partial charge on any atom is 0.256 e. The van der Waals surface area contributed by atoms with Gasteiger partial charge >= 0.3 is 0 Å². The smallest absolute Gasteiger partial charge is 0.256 e. The molecule has 5 rings (SSSR count). The molecule has 2 aromatic heterocycles. The van der Waals surface area contributed by atoms with E-state index in [4.69, 9.17) is 0 Å². The first-order chi connectivity index (χ1) is 14.5. The van der Waals surface area contributed by atoms with Crippen LogP contribution >= 0.6 is 0 Å². The lowest BCUT2D eigenvalue weighted by molar-refractivity contribution is 0.102. The molecule has 2 aromatic carbocycles. The predicted molar refractivity (Wildman–Crippen MR) is 115 cm³/mol. The summed E-state index contributed by atoms with van der Waals surface area (Å²) in [4.78, 5) is 32.5. The zero-order valence-corrected chi connectivity index (χ0v) is 16.8. The molecule has 2 heterocycles. The van der Waals surface area contributed by atoms with Crippen molar-refractivity contribution in [2.24, 2.45) is 0 Å². The number of amides is 1. The van der Waals surface area contributed by atoms with E-state index in [1.165, 1.54) is 4.68 Å². The molecule has 150 valence electrons. The van der Waals surface area contributed by atoms with Gasteiger partial charge < -0.3 is 5.32 Å². The zero-order chi connectivity index (χ0) is 20.8. The first kappa shape index (κ1) is 18.3. The fourth-order valence-corrected chi connectivity index (χ4v) is 3.48. The van der Waals surface area contributed by atoms with Crippen LogP contribution in [0.4, 0.5) is 5.82 Å². The summed E-state index contributed by atoms with van der Waals surface area (Å²) in [6, 6.07) is 15.4. The number of aromatic nitrogens is 4. The van der Waals surface area contributed by atoms with Crippen LogP contribution in [0.3, 0.4) is 0 Å². The second kappa shape index (κ2) is 6.95. The maximum atomic E-state index is 13.0. The number of nitrogens with one attached hydrogen (secondary N) is 2. The van der Waals surface area contributed by atoms with Crippen molar-refractivity contribution in [3.05, 3.63) is 81.4 Å². The summed E-state index contributed by atoms with van der Waals surface area (Å²) in [5.74, 6) is 0.932. The van der Waals surface area contributed by atoms with Crippen molar-refractivity contribution in [1.82, 2.24) is 19.7 Å². The minimum absolute atomic E-state index is 0.215. The van der Waals surface area contributed by atoms with Crippen LogP contribution < -0.4 is 10.9 Å². The summed E-state index contributed by atoms with van der Waals surface area (Å²) >= 11 is 0. The van der Waals surface area contributed by atoms with Gasteiger partial charge in [0.15, 0.2) is 0 Å². The Balaban J connectivity index is 1.53. The highest BCUT2D eigenvalue weighted by atomic mass is 16.1. The molecule has 0 aliphatic heterocycles. The van der Waals surface area contributed by atoms with Gasteiger partial charge in [0.25, 0.3) is 11.5 Å². The third-order valence-corrected chi connectivity index (χ3v) is 5.56. The Kier molecular flexibility index (Phi) is 4.24. The molecule has 1 aliphatic rings. The van der Waals surface area contributed by atoms with Gasteiger partial charge in [-0.15, -0.1) is 0 Å². The second-order valence-electron chi connectivity index (χ2n) is 7.76. The van der Waals surface area contributed by atoms with Gasteiger partial charge in [-0.2, -0.15) is 9.78 Å². The summed E-state index contributed by atoms with van der Waals surface area (Å²) in [5.41, 5.74) is 2.42. The molecule has 7 nitrogen and oxygen atoms in total. The largest absolute Gasteiger partial charge is 0.306 e. The van der Waals surface area contributed by atoms with Gasteiger partial charge in [-0.25, -0.2) is 4.98 Å². The molecular weight excluding hydrogens is 378 g/mol. The van der Waals surface area contributed by atoms with Gasteiger partial charge in [0.05, 0.1) is 5.69 Å². The number of hydrogen-bond acceptors (Lipinski definition) is 4. The molecule has 1 amide bonds. The number of aromatic amines is 1. The summed E-state index contributed by atoms with van der Waals surface area (Å²) in [6.45, 7) is 3.51. The number of fused-ring (bicyclic) bond motifs is 1. The number of rotatable bonds is 4. The molecule has 2 N–H and O–H groups in total. The first-order valence-electron chi connectivity index (χ1n) is 9.97. The van der Waals surface area contributed by atoms with Gasteiger partial charge in [-0.05, 0) is 49.6 Å². The highest BCUT2D eigenvalue weighted by Crippen LogP contribution is 2.40. The molecule has 30 heavy (non-hydrogen) atoms. The summed E-state index contributed by atoms with van der Waals surface area (Å²) in [7, 11) is 0. The first-order valence-corrected chi connectivity index (χ1v) is 9.97. The molecule has 1 fully saturated rings. The van der Waals surface area contributed by atoms with Crippen molar-refractivity contribution in [3.63, 3.8) is 0 Å². The van der Waals surface area contributed by atoms with Crippen molar-refractivity contribution in [2.75, 3.05) is 5.32 Å². The van der Waals surface area contributed by atoms with Gasteiger partial charge in [0.1, 0.15) is 5.82 Å². The number of benzene rings is 2. The molecule has 0 atom stereocenters. The molecular formula is C23H21N5O2. The number of H-pyrrole nitrogens is 1. The topological polar surface area (TPSA) is 92.7 Å². The lowest BCUT2D eigenvalue weighted by Gasteiger charge is -2.10. The van der Waals surface area contributed by atoms with E-state index in [9.17, 15) is 9.59 Å². The van der Waals surface area contributed by atoms with E-state index in [0.29, 0.717) is 34.5 Å². The number of carbonyl (C=O) groups is 1. The van der Waals surface area contributed by atoms with Crippen LogP contribution in [-0.4, -0.2) is 25.7 Å². The zero-order valence-electron chi connectivity index (χ0n) is 16.8. The minimum Gasteiger partial charge on any atom is -0.306 e. The molecule has 0 saturated heterocycles. The normalized spacial score (nSPS) is 13.5. The monoisotopic (exact) mass is 399 g/mol. The molecule has 1 aliphatic carbocycles. The summed E-state index contributed by atoms with van der Waals surface area (Å²) in [6.07, 6.45) is 2.15. The van der Waals surface area contributed by atoms with E-state index in [0.717, 1.165) is 29.3 Å². The highest BCUT2D eigenvalue weighted by Gasteiger charge is 2.28. The van der Waals surface area contributed by atoms with Crippen LogP contribution in [0.1, 0.15) is 46.1 Å². The van der Waals surface area contributed by atoms with E-state index in [2.05, 4.69) is 20.4 Å². The van der Waals surface area contributed by atoms with Crippen LogP contribution in [0.5, 0.6) is 0 Å². The minimum atomic E-state index is -0.240. The lowest BCUT2D eigenvalue weighted by Crippen LogP contribution is -2.20. The third kappa shape index (κ3) is 3.28. The average Bonchev–Trinajstić information content (AvgIpc) is 3.52. The second-order valence-corrected chi connectivity index (χ2v) is 7.76. The molecule has 1 saturated carbocycles. The van der Waals surface area contributed by atoms with Crippen LogP contribution in [0, 0.1) is 13.8 Å². The molecule has 0 bridgehead atoms. The fraction of sp³-hybridized carbons (Fsp3) is 0.217. The number of hydrogen-bond donors (Lipinski definition) is 2. The van der Waals surface area contributed by atoms with E-state index >= 15 is 0 Å². The van der Waals surface area contributed by atoms with Crippen molar-refractivity contribution in [3.8, 4) is 5.95 Å². The Morgan fingerprint density at radius 3 is 2.60 bits per heavy atom. The Morgan fingerprint density at radius 2 is 1.87 bits per heavy atom. The van der Waals surface area contributed by atoms with Crippen molar-refractivity contribution in [1.29, 1.82) is 0 Å². The number of aryl methyl sites for hydroxylation is 1. The summed E-state index contributed by atoms with van der Waals surface area (Å²) in [5, 5.41) is 9.64. The van der Waals surface area contributed by atoms with E-state index in [1.807, 2.05) is 42.5 Å². The fourth-order valence-electron chi connectivity index (χ4n) is 3.48. The Morgan fingerprint density at radius 1 is 1.10 bits per heavy atom. The van der Waals surface area contributed by atoms with Gasteiger partial charge in [-0.3, -0.25) is 14.6 Å². The average molecular weight is 399 g/mol. The summed E-state index contributed by atoms with van der Waals surface area (Å²) < 4.78 is 1.51. The van der Waals surface area contributed by atoms with Crippen LogP contribution in [0.2, 0.25) is 0 Å². The van der Waals surface area contributed by atoms with Gasteiger partial charge in [0, 0.05) is 28.8 Å².